The molecule has 2 aromatic carbocycles. The van der Waals surface area contributed by atoms with Gasteiger partial charge in [0.1, 0.15) is 42.0 Å². The summed E-state index contributed by atoms with van der Waals surface area (Å²) in [5, 5.41) is 35.5. The number of carbonyl (C=O) groups excluding carboxylic acids is 6. The van der Waals surface area contributed by atoms with Gasteiger partial charge >= 0.3 is 12.0 Å². The maximum absolute atomic E-state index is 14.2. The summed E-state index contributed by atoms with van der Waals surface area (Å²) in [6, 6.07) is 7.41. The lowest BCUT2D eigenvalue weighted by Crippen LogP contribution is -2.60. The van der Waals surface area contributed by atoms with E-state index in [-0.39, 0.29) is 63.3 Å². The van der Waals surface area contributed by atoms with E-state index < -0.39 is 83.7 Å². The zero-order valence-electron chi connectivity index (χ0n) is 34.6. The Labute approximate surface area is 349 Å². The third-order valence-corrected chi connectivity index (χ3v) is 10.1. The van der Waals surface area contributed by atoms with Crippen LogP contribution in [0.5, 0.6) is 5.75 Å². The molecule has 1 saturated heterocycles. The zero-order chi connectivity index (χ0) is 44.4. The van der Waals surface area contributed by atoms with Gasteiger partial charge in [-0.2, -0.15) is 0 Å². The number of hydrogen-bond acceptors (Lipinski definition) is 9. The van der Waals surface area contributed by atoms with Crippen LogP contribution in [0.2, 0.25) is 0 Å². The summed E-state index contributed by atoms with van der Waals surface area (Å²) in [6.45, 7) is 5.17. The average molecular weight is 837 g/mol. The summed E-state index contributed by atoms with van der Waals surface area (Å²) in [5.41, 5.74) is 12.2. The standard InChI is InChI=1S/C41H60N10O9/c1-24(2)33-37(56)46-30(20-17-26-15-18-28(52)19-16-26)38(57)51(4)25(3)34(53)47-32(23-27-11-6-5-7-12-27)35(54)44-21-9-8-13-29(36(55)50-33)48-41(60)49-31(39(58)59)14-10-22-45-40(42)43/h5-7,11-12,15-16,18-19,24-25,29-33,52H,8-10,13-14,17,20-23H2,1-4H3,(H,44,54)(H,46,56)(H,47,53)(H,50,55)(H,58,59)(H4,42,43,45)(H2,48,49,60)/t25-,29+,30-,31-,32-,33-/m0/s1. The van der Waals surface area contributed by atoms with Crippen LogP contribution in [0.15, 0.2) is 59.6 Å². The molecule has 0 saturated carbocycles. The van der Waals surface area contributed by atoms with Gasteiger partial charge in [-0.15, -0.1) is 0 Å². The number of amides is 7. The van der Waals surface area contributed by atoms with E-state index in [1.807, 2.05) is 30.3 Å². The molecule has 0 bridgehead atoms. The highest BCUT2D eigenvalue weighted by Gasteiger charge is 2.35. The van der Waals surface area contributed by atoms with Crippen molar-refractivity contribution in [3.05, 3.63) is 65.7 Å². The van der Waals surface area contributed by atoms with Gasteiger partial charge in [-0.25, -0.2) is 9.59 Å². The Morgan fingerprint density at radius 3 is 2.18 bits per heavy atom. The number of nitrogens with two attached hydrogens (primary N) is 2. The molecule has 0 unspecified atom stereocenters. The van der Waals surface area contributed by atoms with Crippen LogP contribution < -0.4 is 43.4 Å². The van der Waals surface area contributed by atoms with E-state index in [9.17, 15) is 43.8 Å². The molecule has 19 nitrogen and oxygen atoms in total. The van der Waals surface area contributed by atoms with Crippen LogP contribution in [0, 0.1) is 5.92 Å². The predicted octanol–water partition coefficient (Wildman–Crippen LogP) is -0.000500. The lowest BCUT2D eigenvalue weighted by molar-refractivity contribution is -0.142. The molecule has 1 heterocycles. The van der Waals surface area contributed by atoms with Crippen molar-refractivity contribution >= 4 is 47.5 Å². The number of rotatable bonds is 13. The molecule has 0 radical (unpaired) electrons. The van der Waals surface area contributed by atoms with Gasteiger partial charge in [-0.05, 0) is 81.0 Å². The smallest absolute Gasteiger partial charge is 0.326 e. The number of nitrogens with zero attached hydrogens (tertiary/aromatic N) is 2. The van der Waals surface area contributed by atoms with Gasteiger partial charge in [-0.1, -0.05) is 56.3 Å². The second-order valence-electron chi connectivity index (χ2n) is 15.2. The van der Waals surface area contributed by atoms with E-state index in [4.69, 9.17) is 11.5 Å². The van der Waals surface area contributed by atoms with Crippen molar-refractivity contribution in [1.82, 2.24) is 36.8 Å². The molecular weight excluding hydrogens is 777 g/mol. The first-order valence-corrected chi connectivity index (χ1v) is 20.1. The number of carbonyl (C=O) groups is 7. The van der Waals surface area contributed by atoms with Crippen LogP contribution in [0.1, 0.15) is 70.4 Å². The summed E-state index contributed by atoms with van der Waals surface area (Å²) < 4.78 is 0. The molecule has 0 spiro atoms. The maximum Gasteiger partial charge on any atom is 0.326 e. The first-order valence-electron chi connectivity index (χ1n) is 20.1. The molecule has 1 aliphatic heterocycles. The third-order valence-electron chi connectivity index (χ3n) is 10.1. The van der Waals surface area contributed by atoms with Crippen LogP contribution in [-0.4, -0.2) is 119 Å². The minimum atomic E-state index is -1.34. The number of aryl methyl sites for hydroxylation is 1. The Morgan fingerprint density at radius 1 is 0.883 bits per heavy atom. The molecule has 6 atom stereocenters. The fraction of sp³-hybridized carbons (Fsp3) is 0.512. The molecule has 1 fully saturated rings. The number of aromatic hydroxyl groups is 1. The number of carboxylic acid groups (broad SMARTS) is 1. The van der Waals surface area contributed by atoms with E-state index >= 15 is 0 Å². The van der Waals surface area contributed by atoms with Crippen LogP contribution in [-0.2, 0) is 41.6 Å². The predicted molar refractivity (Wildman–Crippen MR) is 223 cm³/mol. The number of urea groups is 1. The van der Waals surface area contributed by atoms with E-state index in [1.54, 1.807) is 26.0 Å². The van der Waals surface area contributed by atoms with Crippen molar-refractivity contribution in [3.8, 4) is 5.75 Å². The van der Waals surface area contributed by atoms with E-state index in [2.05, 4.69) is 36.9 Å². The quantitative estimate of drug-likeness (QED) is 0.0728. The molecule has 60 heavy (non-hydrogen) atoms. The zero-order valence-corrected chi connectivity index (χ0v) is 34.6. The van der Waals surface area contributed by atoms with Gasteiger partial charge in [0.05, 0.1) is 0 Å². The van der Waals surface area contributed by atoms with Crippen molar-refractivity contribution in [3.63, 3.8) is 0 Å². The van der Waals surface area contributed by atoms with Gasteiger partial charge in [0.15, 0.2) is 5.96 Å². The Hall–Kier alpha value is -6.40. The number of hydrogen-bond donors (Lipinski definition) is 10. The molecule has 2 aromatic rings. The second kappa shape index (κ2) is 23.9. The fourth-order valence-corrected chi connectivity index (χ4v) is 6.44. The molecule has 0 aliphatic carbocycles. The van der Waals surface area contributed by atoms with Crippen LogP contribution in [0.25, 0.3) is 0 Å². The second-order valence-corrected chi connectivity index (χ2v) is 15.2. The van der Waals surface area contributed by atoms with Crippen molar-refractivity contribution in [2.75, 3.05) is 20.1 Å². The number of nitrogens with one attached hydrogen (secondary N) is 6. The maximum atomic E-state index is 14.2. The van der Waals surface area contributed by atoms with Crippen LogP contribution in [0.3, 0.4) is 0 Å². The third kappa shape index (κ3) is 15.7. The SMILES string of the molecule is CC(C)[C@@H]1NC(=O)[C@H](NC(=O)N[C@@H](CCCN=C(N)N)C(=O)O)CCCCNC(=O)[C@H](Cc2ccccc2)NC(=O)[C@H](C)N(C)C(=O)[C@H](CCc2ccc(O)cc2)NC1=O. The number of phenols is 1. The Morgan fingerprint density at radius 2 is 1.55 bits per heavy atom. The number of phenolic OH excluding ortho intramolecular Hbond substituents is 1. The molecular formula is C41H60N10O9. The van der Waals surface area contributed by atoms with Crippen molar-refractivity contribution in [2.45, 2.75) is 108 Å². The highest BCUT2D eigenvalue weighted by molar-refractivity contribution is 5.96. The first kappa shape index (κ1) is 48.0. The van der Waals surface area contributed by atoms with E-state index in [0.717, 1.165) is 11.1 Å². The van der Waals surface area contributed by atoms with Gasteiger partial charge in [0.2, 0.25) is 29.5 Å². The van der Waals surface area contributed by atoms with Gasteiger partial charge in [-0.3, -0.25) is 29.0 Å². The van der Waals surface area contributed by atoms with Gasteiger partial charge in [0, 0.05) is 26.6 Å². The summed E-state index contributed by atoms with van der Waals surface area (Å²) in [5.74, 6) is -5.05. The minimum Gasteiger partial charge on any atom is -0.508 e. The van der Waals surface area contributed by atoms with Crippen LogP contribution in [0.4, 0.5) is 4.79 Å². The highest BCUT2D eigenvalue weighted by atomic mass is 16.4. The molecule has 3 rings (SSSR count). The molecule has 0 aromatic heterocycles. The first-order chi connectivity index (χ1) is 28.5. The number of aliphatic imine (C=N–C) groups is 1. The molecule has 12 N–H and O–H groups in total. The summed E-state index contributed by atoms with van der Waals surface area (Å²) in [7, 11) is 1.42. The molecule has 7 amide bonds. The fourth-order valence-electron chi connectivity index (χ4n) is 6.44. The normalized spacial score (nSPS) is 21.8. The lowest BCUT2D eigenvalue weighted by atomic mass is 9.99. The minimum absolute atomic E-state index is 0.0159. The number of carboxylic acids is 1. The van der Waals surface area contributed by atoms with E-state index in [1.165, 1.54) is 31.0 Å². The largest absolute Gasteiger partial charge is 0.508 e. The number of aliphatic carboxylic acids is 1. The average Bonchev–Trinajstić information content (AvgIpc) is 3.20. The van der Waals surface area contributed by atoms with Gasteiger partial charge in [0.25, 0.3) is 0 Å². The van der Waals surface area contributed by atoms with Gasteiger partial charge < -0.3 is 58.5 Å². The lowest BCUT2D eigenvalue weighted by Gasteiger charge is -2.31. The number of guanidine groups is 1. The molecule has 328 valence electrons. The van der Waals surface area contributed by atoms with E-state index in [0.29, 0.717) is 12.8 Å². The Bertz CT molecular complexity index is 1810. The summed E-state index contributed by atoms with van der Waals surface area (Å²) >= 11 is 0. The molecule has 1 aliphatic rings. The number of likely N-dealkylation sites (N-methyl/N-ethyl adjacent to an activating group) is 1. The topological polar surface area (TPSA) is 300 Å². The summed E-state index contributed by atoms with van der Waals surface area (Å²) in [4.78, 5) is 99.6. The number of benzene rings is 2. The Kier molecular flexibility index (Phi) is 19.1. The van der Waals surface area contributed by atoms with Crippen LogP contribution >= 0.6 is 0 Å². The van der Waals surface area contributed by atoms with Crippen molar-refractivity contribution in [1.29, 1.82) is 0 Å². The Balaban J connectivity index is 1.95. The summed E-state index contributed by atoms with van der Waals surface area (Å²) in [6.07, 6.45) is 1.41. The highest BCUT2D eigenvalue weighted by Crippen LogP contribution is 2.15. The van der Waals surface area contributed by atoms with Crippen molar-refractivity contribution in [2.24, 2.45) is 22.4 Å². The molecule has 19 heteroatoms. The van der Waals surface area contributed by atoms with Crippen molar-refractivity contribution < 1.29 is 43.8 Å². The monoisotopic (exact) mass is 836 g/mol.